The third-order valence-electron chi connectivity index (χ3n) is 4.53. The number of aromatic hydroxyl groups is 1. The molecule has 0 aliphatic heterocycles. The summed E-state index contributed by atoms with van der Waals surface area (Å²) in [7, 11) is 0. The number of carbonyl (C=O) groups is 2. The minimum Gasteiger partial charge on any atom is -0.508 e. The van der Waals surface area contributed by atoms with Crippen LogP contribution in [-0.2, 0) is 11.2 Å². The third kappa shape index (κ3) is 6.36. The van der Waals surface area contributed by atoms with E-state index in [1.165, 1.54) is 18.2 Å². The molecule has 2 aromatic carbocycles. The Morgan fingerprint density at radius 1 is 1.13 bits per heavy atom. The van der Waals surface area contributed by atoms with E-state index in [1.54, 1.807) is 31.2 Å². The van der Waals surface area contributed by atoms with Gasteiger partial charge in [-0.2, -0.15) is 4.98 Å². The number of aromatic nitrogens is 2. The quantitative estimate of drug-likeness (QED) is 0.453. The Balaban J connectivity index is 1.35. The van der Waals surface area contributed by atoms with Crippen molar-refractivity contribution in [3.63, 3.8) is 0 Å². The average Bonchev–Trinajstić information content (AvgIpc) is 3.23. The van der Waals surface area contributed by atoms with Gasteiger partial charge in [0, 0.05) is 37.1 Å². The van der Waals surface area contributed by atoms with Gasteiger partial charge in [0.2, 0.25) is 17.6 Å². The molecule has 1 heterocycles. The van der Waals surface area contributed by atoms with Crippen molar-refractivity contribution in [1.82, 2.24) is 20.8 Å². The van der Waals surface area contributed by atoms with Gasteiger partial charge in [0.1, 0.15) is 11.6 Å². The predicted octanol–water partition coefficient (Wildman–Crippen LogP) is 2.76. The summed E-state index contributed by atoms with van der Waals surface area (Å²) >= 11 is 0. The Bertz CT molecular complexity index is 1070. The van der Waals surface area contributed by atoms with Crippen LogP contribution in [0.25, 0.3) is 11.4 Å². The summed E-state index contributed by atoms with van der Waals surface area (Å²) in [6.45, 7) is 2.45. The maximum absolute atomic E-state index is 13.7. The summed E-state index contributed by atoms with van der Waals surface area (Å²) in [6.07, 6.45) is 0.987. The number of hydrogen-bond acceptors (Lipinski definition) is 6. The molecule has 0 unspecified atom stereocenters. The van der Waals surface area contributed by atoms with E-state index >= 15 is 0 Å². The van der Waals surface area contributed by atoms with E-state index in [1.807, 2.05) is 0 Å². The Morgan fingerprint density at radius 2 is 1.94 bits per heavy atom. The summed E-state index contributed by atoms with van der Waals surface area (Å²) in [6, 6.07) is 10.8. The highest BCUT2D eigenvalue weighted by molar-refractivity contribution is 5.94. The number of amides is 2. The van der Waals surface area contributed by atoms with E-state index < -0.39 is 0 Å². The molecule has 3 aromatic rings. The normalized spacial score (nSPS) is 10.6. The predicted molar refractivity (Wildman–Crippen MR) is 111 cm³/mol. The van der Waals surface area contributed by atoms with Gasteiger partial charge in [0.15, 0.2) is 0 Å². The van der Waals surface area contributed by atoms with Gasteiger partial charge in [-0.3, -0.25) is 9.59 Å². The number of nitrogens with one attached hydrogen (secondary N) is 2. The molecule has 0 saturated heterocycles. The van der Waals surface area contributed by atoms with Crippen LogP contribution in [0, 0.1) is 12.7 Å². The van der Waals surface area contributed by atoms with Crippen molar-refractivity contribution >= 4 is 11.8 Å². The van der Waals surface area contributed by atoms with Crippen LogP contribution in [0.5, 0.6) is 5.75 Å². The Labute approximate surface area is 178 Å². The van der Waals surface area contributed by atoms with Crippen molar-refractivity contribution in [3.05, 3.63) is 65.3 Å². The number of hydrogen-bond donors (Lipinski definition) is 3. The molecular formula is C22H23FN4O4. The molecule has 8 nitrogen and oxygen atoms in total. The lowest BCUT2D eigenvalue weighted by Crippen LogP contribution is -2.30. The highest BCUT2D eigenvalue weighted by Gasteiger charge is 2.12. The number of halogens is 1. The van der Waals surface area contributed by atoms with E-state index in [0.717, 1.165) is 0 Å². The first-order valence-corrected chi connectivity index (χ1v) is 9.85. The fourth-order valence-corrected chi connectivity index (χ4v) is 2.78. The molecule has 0 aliphatic rings. The first-order valence-electron chi connectivity index (χ1n) is 9.85. The van der Waals surface area contributed by atoms with E-state index in [9.17, 15) is 19.1 Å². The molecule has 162 valence electrons. The summed E-state index contributed by atoms with van der Waals surface area (Å²) < 4.78 is 18.8. The molecule has 1 aromatic heterocycles. The van der Waals surface area contributed by atoms with Crippen LogP contribution < -0.4 is 10.6 Å². The zero-order chi connectivity index (χ0) is 22.2. The van der Waals surface area contributed by atoms with Gasteiger partial charge < -0.3 is 20.3 Å². The zero-order valence-corrected chi connectivity index (χ0v) is 17.0. The summed E-state index contributed by atoms with van der Waals surface area (Å²) in [4.78, 5) is 28.1. The van der Waals surface area contributed by atoms with Gasteiger partial charge in [0.05, 0.1) is 0 Å². The highest BCUT2D eigenvalue weighted by atomic mass is 19.1. The summed E-state index contributed by atoms with van der Waals surface area (Å²) in [5.74, 6) is -0.217. The third-order valence-corrected chi connectivity index (χ3v) is 4.53. The van der Waals surface area contributed by atoms with Crippen LogP contribution in [0.15, 0.2) is 47.0 Å². The van der Waals surface area contributed by atoms with Gasteiger partial charge in [-0.15, -0.1) is 0 Å². The summed E-state index contributed by atoms with van der Waals surface area (Å²) in [5, 5.41) is 18.7. The Kier molecular flexibility index (Phi) is 7.31. The first-order chi connectivity index (χ1) is 14.9. The second kappa shape index (κ2) is 10.3. The van der Waals surface area contributed by atoms with Gasteiger partial charge in [-0.05, 0) is 43.2 Å². The molecule has 0 aliphatic carbocycles. The average molecular weight is 426 g/mol. The van der Waals surface area contributed by atoms with Crippen molar-refractivity contribution in [2.75, 3.05) is 13.1 Å². The molecule has 9 heteroatoms. The Morgan fingerprint density at radius 3 is 2.71 bits per heavy atom. The topological polar surface area (TPSA) is 117 Å². The van der Waals surface area contributed by atoms with Crippen LogP contribution in [-0.4, -0.2) is 40.2 Å². The molecule has 0 atom stereocenters. The number of nitrogens with zero attached hydrogens (tertiary/aromatic N) is 2. The maximum Gasteiger partial charge on any atom is 0.251 e. The maximum atomic E-state index is 13.7. The molecule has 0 spiro atoms. The van der Waals surface area contributed by atoms with Gasteiger partial charge in [0.25, 0.3) is 5.91 Å². The van der Waals surface area contributed by atoms with Gasteiger partial charge in [-0.1, -0.05) is 23.4 Å². The zero-order valence-electron chi connectivity index (χ0n) is 17.0. The van der Waals surface area contributed by atoms with Crippen molar-refractivity contribution in [3.8, 4) is 17.1 Å². The van der Waals surface area contributed by atoms with E-state index in [2.05, 4.69) is 20.8 Å². The van der Waals surface area contributed by atoms with Crippen LogP contribution in [0.1, 0.15) is 34.7 Å². The number of aryl methyl sites for hydroxylation is 2. The molecule has 31 heavy (non-hydrogen) atoms. The first kappa shape index (κ1) is 21.9. The smallest absolute Gasteiger partial charge is 0.251 e. The molecule has 0 bridgehead atoms. The number of phenolic OH excluding ortho intramolecular Hbond substituents is 1. The number of carbonyl (C=O) groups excluding carboxylic acids is 2. The molecule has 0 radical (unpaired) electrons. The highest BCUT2D eigenvalue weighted by Crippen LogP contribution is 2.19. The second-order valence-electron chi connectivity index (χ2n) is 6.99. The molecule has 3 rings (SSSR count). The van der Waals surface area contributed by atoms with E-state index in [0.29, 0.717) is 42.1 Å². The van der Waals surface area contributed by atoms with Crippen molar-refractivity contribution in [2.24, 2.45) is 0 Å². The van der Waals surface area contributed by atoms with Crippen LogP contribution in [0.4, 0.5) is 4.39 Å². The van der Waals surface area contributed by atoms with E-state index in [-0.39, 0.29) is 42.0 Å². The number of phenols is 1. The van der Waals surface area contributed by atoms with E-state index in [4.69, 9.17) is 4.52 Å². The minimum absolute atomic E-state index is 0.0271. The largest absolute Gasteiger partial charge is 0.508 e. The minimum atomic E-state index is -0.346. The van der Waals surface area contributed by atoms with Crippen molar-refractivity contribution in [2.45, 2.75) is 26.2 Å². The van der Waals surface area contributed by atoms with Crippen molar-refractivity contribution < 1.29 is 23.6 Å². The lowest BCUT2D eigenvalue weighted by Gasteiger charge is -2.07. The molecule has 2 amide bonds. The van der Waals surface area contributed by atoms with Crippen LogP contribution in [0.2, 0.25) is 0 Å². The monoisotopic (exact) mass is 426 g/mol. The number of rotatable bonds is 9. The molecular weight excluding hydrogens is 403 g/mol. The Hall–Kier alpha value is -3.75. The summed E-state index contributed by atoms with van der Waals surface area (Å²) in [5.41, 5.74) is 1.41. The van der Waals surface area contributed by atoms with Gasteiger partial charge in [-0.25, -0.2) is 4.39 Å². The number of benzene rings is 2. The molecule has 3 N–H and O–H groups in total. The second-order valence-corrected chi connectivity index (χ2v) is 6.99. The fourth-order valence-electron chi connectivity index (χ4n) is 2.78. The molecule has 0 saturated carbocycles. The van der Waals surface area contributed by atoms with Crippen molar-refractivity contribution in [1.29, 1.82) is 0 Å². The standard InChI is InChI=1S/C22H23FN4O4/c1-14-6-7-15(13-18(14)23)21-26-20(31-27-21)9-8-19(29)24-10-3-11-25-22(30)16-4-2-5-17(28)12-16/h2,4-7,12-13,28H,3,8-11H2,1H3,(H,24,29)(H,25,30). The lowest BCUT2D eigenvalue weighted by atomic mass is 10.1. The fraction of sp³-hybridized carbons (Fsp3) is 0.273. The molecule has 0 fully saturated rings. The van der Waals surface area contributed by atoms with Crippen LogP contribution >= 0.6 is 0 Å². The van der Waals surface area contributed by atoms with Gasteiger partial charge >= 0.3 is 0 Å². The SMILES string of the molecule is Cc1ccc(-c2noc(CCC(=O)NCCCNC(=O)c3cccc(O)c3)n2)cc1F. The lowest BCUT2D eigenvalue weighted by molar-refractivity contribution is -0.121. The van der Waals surface area contributed by atoms with Crippen LogP contribution in [0.3, 0.4) is 0 Å².